The summed E-state index contributed by atoms with van der Waals surface area (Å²) in [5.41, 5.74) is 0.0289. The summed E-state index contributed by atoms with van der Waals surface area (Å²) in [5, 5.41) is 3.31. The molecule has 0 aliphatic carbocycles. The van der Waals surface area contributed by atoms with Crippen molar-refractivity contribution in [2.24, 2.45) is 0 Å². The van der Waals surface area contributed by atoms with Crippen LogP contribution < -0.4 is 15.8 Å². The van der Waals surface area contributed by atoms with Gasteiger partial charge in [0.25, 0.3) is 5.56 Å². The third kappa shape index (κ3) is 2.45. The Morgan fingerprint density at radius 2 is 1.95 bits per heavy atom. The molecule has 1 N–H and O–H groups in total. The first-order valence-corrected chi connectivity index (χ1v) is 7.43. The average molecular weight is 277 g/mol. The van der Waals surface area contributed by atoms with Crippen molar-refractivity contribution in [3.63, 3.8) is 0 Å². The molecule has 3 heterocycles. The van der Waals surface area contributed by atoms with Crippen molar-refractivity contribution < 1.29 is 0 Å². The molecule has 2 aliphatic rings. The Bertz CT molecular complexity index is 515. The van der Waals surface area contributed by atoms with E-state index >= 15 is 0 Å². The second kappa shape index (κ2) is 5.54. The molecule has 110 valence electrons. The van der Waals surface area contributed by atoms with Crippen LogP contribution in [0.1, 0.15) is 19.9 Å². The minimum atomic E-state index is 0.0289. The highest BCUT2D eigenvalue weighted by Crippen LogP contribution is 2.13. The number of aromatic nitrogens is 2. The van der Waals surface area contributed by atoms with Crippen molar-refractivity contribution in [3.8, 4) is 0 Å². The Kier molecular flexibility index (Phi) is 3.76. The van der Waals surface area contributed by atoms with Gasteiger partial charge in [0.1, 0.15) is 0 Å². The maximum absolute atomic E-state index is 12.4. The fourth-order valence-corrected chi connectivity index (χ4v) is 2.87. The predicted octanol–water partition coefficient (Wildman–Crippen LogP) is -0.0820. The first-order chi connectivity index (χ1) is 9.66. The monoisotopic (exact) mass is 277 g/mol. The first kappa shape index (κ1) is 13.6. The van der Waals surface area contributed by atoms with Gasteiger partial charge in [-0.3, -0.25) is 9.69 Å². The van der Waals surface area contributed by atoms with E-state index in [4.69, 9.17) is 0 Å². The Balaban J connectivity index is 1.71. The van der Waals surface area contributed by atoms with Crippen LogP contribution in [0.4, 0.5) is 5.82 Å². The standard InChI is InChI=1S/C14H23N5O/c1-11(2)19-4-3-16-13(14(19)20)18-7-5-17(6-8-18)12-9-15-10-12/h3-4,11-12,15H,5-10H2,1-2H3. The molecule has 20 heavy (non-hydrogen) atoms. The number of piperazine rings is 1. The Labute approximate surface area is 119 Å². The molecular weight excluding hydrogens is 254 g/mol. The molecule has 0 radical (unpaired) electrons. The SMILES string of the molecule is CC(C)n1ccnc(N2CCN(C3CNC3)CC2)c1=O. The number of nitrogens with zero attached hydrogens (tertiary/aromatic N) is 4. The third-order valence-electron chi connectivity index (χ3n) is 4.30. The molecule has 0 aromatic carbocycles. The van der Waals surface area contributed by atoms with Crippen LogP contribution in [0, 0.1) is 0 Å². The molecule has 2 fully saturated rings. The van der Waals surface area contributed by atoms with Crippen molar-refractivity contribution in [1.29, 1.82) is 0 Å². The molecule has 6 nitrogen and oxygen atoms in total. The fourth-order valence-electron chi connectivity index (χ4n) is 2.87. The van der Waals surface area contributed by atoms with Crippen LogP contribution in [0.3, 0.4) is 0 Å². The number of anilines is 1. The summed E-state index contributed by atoms with van der Waals surface area (Å²) >= 11 is 0. The molecule has 0 spiro atoms. The van der Waals surface area contributed by atoms with Crippen LogP contribution in [-0.4, -0.2) is 59.8 Å². The number of nitrogens with one attached hydrogen (secondary N) is 1. The van der Waals surface area contributed by atoms with E-state index in [1.165, 1.54) is 0 Å². The number of hydrogen-bond acceptors (Lipinski definition) is 5. The highest BCUT2D eigenvalue weighted by Gasteiger charge is 2.28. The largest absolute Gasteiger partial charge is 0.349 e. The van der Waals surface area contributed by atoms with Crippen molar-refractivity contribution in [3.05, 3.63) is 22.7 Å². The second-order valence-electron chi connectivity index (χ2n) is 5.89. The van der Waals surface area contributed by atoms with Gasteiger partial charge in [0.2, 0.25) is 0 Å². The van der Waals surface area contributed by atoms with Gasteiger partial charge in [-0.2, -0.15) is 0 Å². The maximum Gasteiger partial charge on any atom is 0.293 e. The van der Waals surface area contributed by atoms with E-state index < -0.39 is 0 Å². The normalized spacial score (nSPS) is 21.2. The molecule has 0 saturated carbocycles. The van der Waals surface area contributed by atoms with Gasteiger partial charge in [0, 0.05) is 63.7 Å². The molecule has 0 atom stereocenters. The van der Waals surface area contributed by atoms with E-state index in [1.807, 2.05) is 13.8 Å². The molecule has 0 unspecified atom stereocenters. The van der Waals surface area contributed by atoms with Gasteiger partial charge in [-0.15, -0.1) is 0 Å². The van der Waals surface area contributed by atoms with Gasteiger partial charge < -0.3 is 14.8 Å². The van der Waals surface area contributed by atoms with Crippen molar-refractivity contribution in [2.75, 3.05) is 44.2 Å². The quantitative estimate of drug-likeness (QED) is 0.837. The molecule has 6 heteroatoms. The average Bonchev–Trinajstić information content (AvgIpc) is 2.38. The van der Waals surface area contributed by atoms with Crippen LogP contribution >= 0.6 is 0 Å². The zero-order valence-corrected chi connectivity index (χ0v) is 12.2. The summed E-state index contributed by atoms with van der Waals surface area (Å²) in [6, 6.07) is 0.861. The van der Waals surface area contributed by atoms with E-state index in [2.05, 4.69) is 20.1 Å². The lowest BCUT2D eigenvalue weighted by atomic mass is 10.1. The molecule has 3 rings (SSSR count). The summed E-state index contributed by atoms with van der Waals surface area (Å²) in [5.74, 6) is 0.604. The van der Waals surface area contributed by atoms with E-state index in [9.17, 15) is 4.79 Å². The summed E-state index contributed by atoms with van der Waals surface area (Å²) in [7, 11) is 0. The summed E-state index contributed by atoms with van der Waals surface area (Å²) in [4.78, 5) is 21.4. The zero-order chi connectivity index (χ0) is 14.1. The van der Waals surface area contributed by atoms with Crippen molar-refractivity contribution >= 4 is 5.82 Å². The highest BCUT2D eigenvalue weighted by atomic mass is 16.1. The van der Waals surface area contributed by atoms with Gasteiger partial charge in [-0.1, -0.05) is 0 Å². The van der Waals surface area contributed by atoms with E-state index in [-0.39, 0.29) is 11.6 Å². The summed E-state index contributed by atoms with van der Waals surface area (Å²) in [6.07, 6.45) is 3.51. The first-order valence-electron chi connectivity index (χ1n) is 7.43. The smallest absolute Gasteiger partial charge is 0.293 e. The third-order valence-corrected chi connectivity index (χ3v) is 4.30. The van der Waals surface area contributed by atoms with Crippen LogP contribution in [0.5, 0.6) is 0 Å². The van der Waals surface area contributed by atoms with Gasteiger partial charge in [0.05, 0.1) is 0 Å². The van der Waals surface area contributed by atoms with Crippen molar-refractivity contribution in [2.45, 2.75) is 25.9 Å². The van der Waals surface area contributed by atoms with E-state index in [1.54, 1.807) is 17.0 Å². The summed E-state index contributed by atoms with van der Waals surface area (Å²) in [6.45, 7) is 10.1. The molecule has 0 amide bonds. The Morgan fingerprint density at radius 1 is 1.25 bits per heavy atom. The van der Waals surface area contributed by atoms with Gasteiger partial charge in [-0.25, -0.2) is 4.98 Å². The van der Waals surface area contributed by atoms with Gasteiger partial charge in [-0.05, 0) is 13.8 Å². The molecular formula is C14H23N5O. The molecule has 0 bridgehead atoms. The minimum Gasteiger partial charge on any atom is -0.349 e. The Morgan fingerprint density at radius 3 is 2.50 bits per heavy atom. The van der Waals surface area contributed by atoms with E-state index in [0.717, 1.165) is 39.3 Å². The molecule has 2 aliphatic heterocycles. The Hall–Kier alpha value is -1.40. The van der Waals surface area contributed by atoms with E-state index in [0.29, 0.717) is 11.9 Å². The minimum absolute atomic E-state index is 0.0289. The molecule has 2 saturated heterocycles. The van der Waals surface area contributed by atoms with Crippen LogP contribution in [0.2, 0.25) is 0 Å². The van der Waals surface area contributed by atoms with Gasteiger partial charge in [0.15, 0.2) is 5.82 Å². The number of hydrogen-bond donors (Lipinski definition) is 1. The van der Waals surface area contributed by atoms with Crippen LogP contribution in [-0.2, 0) is 0 Å². The van der Waals surface area contributed by atoms with Crippen molar-refractivity contribution in [1.82, 2.24) is 19.8 Å². The van der Waals surface area contributed by atoms with Crippen LogP contribution in [0.25, 0.3) is 0 Å². The fraction of sp³-hybridized carbons (Fsp3) is 0.714. The highest BCUT2D eigenvalue weighted by molar-refractivity contribution is 5.36. The number of rotatable bonds is 3. The topological polar surface area (TPSA) is 53.4 Å². The van der Waals surface area contributed by atoms with Gasteiger partial charge >= 0.3 is 0 Å². The zero-order valence-electron chi connectivity index (χ0n) is 12.2. The summed E-state index contributed by atoms with van der Waals surface area (Å²) < 4.78 is 1.75. The lowest BCUT2D eigenvalue weighted by Gasteiger charge is -2.43. The molecule has 1 aromatic heterocycles. The van der Waals surface area contributed by atoms with Crippen LogP contribution in [0.15, 0.2) is 17.2 Å². The molecule has 1 aromatic rings. The maximum atomic E-state index is 12.4. The lowest BCUT2D eigenvalue weighted by Crippen LogP contribution is -2.62. The second-order valence-corrected chi connectivity index (χ2v) is 5.89. The predicted molar refractivity (Wildman–Crippen MR) is 79.3 cm³/mol. The lowest BCUT2D eigenvalue weighted by molar-refractivity contribution is 0.137.